The van der Waals surface area contributed by atoms with Crippen molar-refractivity contribution in [3.05, 3.63) is 36.5 Å². The van der Waals surface area contributed by atoms with E-state index in [4.69, 9.17) is 14.9 Å². The fourth-order valence-electron chi connectivity index (χ4n) is 6.30. The Morgan fingerprint density at radius 3 is 1.54 bits per heavy atom. The average molecular weight is 761 g/mol. The molecule has 312 valence electrons. The van der Waals surface area contributed by atoms with Crippen molar-refractivity contribution in [2.24, 2.45) is 0 Å². The lowest BCUT2D eigenvalue weighted by atomic mass is 10.0. The lowest BCUT2D eigenvalue weighted by Crippen LogP contribution is -2.47. The Bertz CT molecular complexity index is 1010. The molecule has 0 spiro atoms. The molecule has 2 amide bonds. The normalized spacial score (nSPS) is 12.8. The number of aliphatic carboxylic acids is 1. The summed E-state index contributed by atoms with van der Waals surface area (Å²) in [5, 5.41) is 22.5. The van der Waals surface area contributed by atoms with Gasteiger partial charge in [-0.25, -0.2) is 4.79 Å². The molecule has 0 heterocycles. The van der Waals surface area contributed by atoms with E-state index in [-0.39, 0.29) is 30.9 Å². The molecule has 0 aliphatic rings. The van der Waals surface area contributed by atoms with Crippen LogP contribution >= 0.6 is 0 Å². The van der Waals surface area contributed by atoms with E-state index in [2.05, 4.69) is 54.9 Å². The van der Waals surface area contributed by atoms with Gasteiger partial charge < -0.3 is 25.6 Å². The third kappa shape index (κ3) is 36.1. The van der Waals surface area contributed by atoms with E-state index < -0.39 is 24.5 Å². The SMILES string of the molecule is CC/C=C\C/C=C\C/C=C\C(CCCCCCC(=O)NCC(=O)NC(CO)C(=O)O)OC(=O)CCCCCCCCCCCCCCCCCCCCC. The van der Waals surface area contributed by atoms with E-state index in [9.17, 15) is 19.2 Å². The number of aliphatic hydroxyl groups excluding tert-OH is 1. The van der Waals surface area contributed by atoms with Crippen LogP contribution in [-0.4, -0.2) is 59.3 Å². The standard InChI is InChI=1S/C45H80N2O7/c1-3-5-7-9-11-13-14-15-16-17-18-19-20-21-22-23-25-27-33-37-44(51)54-40(34-30-26-24-12-10-8-6-4-2)35-31-28-29-32-36-42(49)46-38-43(50)47-41(39-48)45(52)53/h6,8,12,24,30,34,40-41,48H,3-5,7,9-11,13-23,25-29,31-33,35-39H2,1-2H3,(H,46,49)(H,47,50)(H,52,53)/b8-6-,24-12-,34-30-. The van der Waals surface area contributed by atoms with Gasteiger partial charge in [-0.15, -0.1) is 0 Å². The highest BCUT2D eigenvalue weighted by Gasteiger charge is 2.18. The van der Waals surface area contributed by atoms with Crippen molar-refractivity contribution < 1.29 is 34.1 Å². The number of aliphatic hydroxyl groups is 1. The average Bonchev–Trinajstić information content (AvgIpc) is 3.15. The maximum Gasteiger partial charge on any atom is 0.328 e. The number of ether oxygens (including phenoxy) is 1. The molecular weight excluding hydrogens is 681 g/mol. The number of carboxylic acids is 1. The van der Waals surface area contributed by atoms with Gasteiger partial charge >= 0.3 is 11.9 Å². The summed E-state index contributed by atoms with van der Waals surface area (Å²) >= 11 is 0. The summed E-state index contributed by atoms with van der Waals surface area (Å²) in [6.45, 7) is 3.33. The molecule has 0 radical (unpaired) electrons. The predicted molar refractivity (Wildman–Crippen MR) is 222 cm³/mol. The number of carbonyl (C=O) groups is 4. The second-order valence-corrected chi connectivity index (χ2v) is 14.8. The van der Waals surface area contributed by atoms with Gasteiger partial charge in [-0.1, -0.05) is 173 Å². The van der Waals surface area contributed by atoms with E-state index in [0.717, 1.165) is 57.8 Å². The second kappa shape index (κ2) is 39.7. The topological polar surface area (TPSA) is 142 Å². The number of esters is 1. The number of amides is 2. The molecule has 0 aromatic heterocycles. The zero-order chi connectivity index (χ0) is 39.7. The van der Waals surface area contributed by atoms with Crippen LogP contribution in [0.1, 0.15) is 200 Å². The van der Waals surface area contributed by atoms with Gasteiger partial charge in [-0.05, 0) is 51.0 Å². The molecule has 0 aliphatic heterocycles. The molecule has 0 aliphatic carbocycles. The number of rotatable bonds is 39. The molecule has 0 aromatic carbocycles. The van der Waals surface area contributed by atoms with Gasteiger partial charge in [-0.3, -0.25) is 14.4 Å². The lowest BCUT2D eigenvalue weighted by molar-refractivity contribution is -0.147. The molecule has 4 N–H and O–H groups in total. The first kappa shape index (κ1) is 51.1. The minimum atomic E-state index is -1.39. The van der Waals surface area contributed by atoms with E-state index >= 15 is 0 Å². The Balaban J connectivity index is 4.19. The Hall–Kier alpha value is -2.94. The largest absolute Gasteiger partial charge is 0.480 e. The number of hydrogen-bond acceptors (Lipinski definition) is 6. The van der Waals surface area contributed by atoms with Crippen molar-refractivity contribution in [1.29, 1.82) is 0 Å². The minimum absolute atomic E-state index is 0.133. The fourth-order valence-corrected chi connectivity index (χ4v) is 6.30. The summed E-state index contributed by atoms with van der Waals surface area (Å²) in [4.78, 5) is 47.5. The van der Waals surface area contributed by atoms with E-state index in [0.29, 0.717) is 12.8 Å². The first-order valence-electron chi connectivity index (χ1n) is 21.9. The lowest BCUT2D eigenvalue weighted by Gasteiger charge is -2.15. The van der Waals surface area contributed by atoms with Gasteiger partial charge in [-0.2, -0.15) is 0 Å². The molecule has 2 unspecified atom stereocenters. The van der Waals surface area contributed by atoms with Crippen LogP contribution in [0.2, 0.25) is 0 Å². The minimum Gasteiger partial charge on any atom is -0.480 e. The van der Waals surface area contributed by atoms with Crippen molar-refractivity contribution in [2.45, 2.75) is 212 Å². The van der Waals surface area contributed by atoms with Gasteiger partial charge in [0.1, 0.15) is 12.1 Å². The second-order valence-electron chi connectivity index (χ2n) is 14.8. The molecule has 2 atom stereocenters. The summed E-state index contributed by atoms with van der Waals surface area (Å²) in [5.74, 6) is -2.43. The van der Waals surface area contributed by atoms with Gasteiger partial charge in [0.05, 0.1) is 13.2 Å². The van der Waals surface area contributed by atoms with Crippen molar-refractivity contribution in [1.82, 2.24) is 10.6 Å². The van der Waals surface area contributed by atoms with Crippen LogP contribution in [-0.2, 0) is 23.9 Å². The number of carboxylic acid groups (broad SMARTS) is 1. The van der Waals surface area contributed by atoms with E-state index in [1.165, 1.54) is 109 Å². The van der Waals surface area contributed by atoms with Crippen LogP contribution in [0.25, 0.3) is 0 Å². The van der Waals surface area contributed by atoms with Crippen LogP contribution in [0, 0.1) is 0 Å². The zero-order valence-corrected chi connectivity index (χ0v) is 34.5. The molecule has 54 heavy (non-hydrogen) atoms. The van der Waals surface area contributed by atoms with Gasteiger partial charge in [0.15, 0.2) is 0 Å². The summed E-state index contributed by atoms with van der Waals surface area (Å²) in [5.41, 5.74) is 0. The molecule has 0 rings (SSSR count). The molecule has 0 bridgehead atoms. The summed E-state index contributed by atoms with van der Waals surface area (Å²) in [6.07, 6.45) is 44.9. The van der Waals surface area contributed by atoms with Crippen LogP contribution in [0.3, 0.4) is 0 Å². The van der Waals surface area contributed by atoms with Crippen LogP contribution in [0.5, 0.6) is 0 Å². The number of hydrogen-bond donors (Lipinski definition) is 4. The third-order valence-corrected chi connectivity index (χ3v) is 9.64. The van der Waals surface area contributed by atoms with Gasteiger partial charge in [0, 0.05) is 12.8 Å². The van der Waals surface area contributed by atoms with Crippen molar-refractivity contribution in [3.8, 4) is 0 Å². The molecule has 0 fully saturated rings. The first-order valence-corrected chi connectivity index (χ1v) is 21.9. The third-order valence-electron chi connectivity index (χ3n) is 9.64. The summed E-state index contributed by atoms with van der Waals surface area (Å²) < 4.78 is 5.88. The summed E-state index contributed by atoms with van der Waals surface area (Å²) in [6, 6.07) is -1.39. The van der Waals surface area contributed by atoms with Crippen LogP contribution in [0.15, 0.2) is 36.5 Å². The molecule has 0 aromatic rings. The Labute approximate surface area is 329 Å². The molecule has 0 saturated heterocycles. The van der Waals surface area contributed by atoms with Crippen LogP contribution in [0.4, 0.5) is 0 Å². The van der Waals surface area contributed by atoms with Crippen molar-refractivity contribution in [2.75, 3.05) is 13.2 Å². The predicted octanol–water partition coefficient (Wildman–Crippen LogP) is 10.6. The van der Waals surface area contributed by atoms with Crippen molar-refractivity contribution in [3.63, 3.8) is 0 Å². The number of nitrogens with one attached hydrogen (secondary N) is 2. The Morgan fingerprint density at radius 2 is 1.04 bits per heavy atom. The fraction of sp³-hybridized carbons (Fsp3) is 0.778. The number of allylic oxidation sites excluding steroid dienone is 5. The first-order chi connectivity index (χ1) is 26.3. The Morgan fingerprint density at radius 1 is 0.574 bits per heavy atom. The van der Waals surface area contributed by atoms with E-state index in [1.54, 1.807) is 0 Å². The number of unbranched alkanes of at least 4 members (excludes halogenated alkanes) is 21. The van der Waals surface area contributed by atoms with Gasteiger partial charge in [0.25, 0.3) is 0 Å². The molecule has 0 saturated carbocycles. The van der Waals surface area contributed by atoms with Crippen molar-refractivity contribution >= 4 is 23.8 Å². The Kier molecular flexibility index (Phi) is 37.6. The van der Waals surface area contributed by atoms with Gasteiger partial charge in [0.2, 0.25) is 11.8 Å². The highest BCUT2D eigenvalue weighted by atomic mass is 16.5. The molecule has 9 nitrogen and oxygen atoms in total. The zero-order valence-electron chi connectivity index (χ0n) is 34.5. The molecule has 9 heteroatoms. The number of carbonyl (C=O) groups excluding carboxylic acids is 3. The van der Waals surface area contributed by atoms with Crippen LogP contribution < -0.4 is 10.6 Å². The quantitative estimate of drug-likeness (QED) is 0.0277. The van der Waals surface area contributed by atoms with E-state index in [1.807, 2.05) is 6.08 Å². The molecular formula is C45H80N2O7. The maximum absolute atomic E-state index is 12.7. The monoisotopic (exact) mass is 761 g/mol. The highest BCUT2D eigenvalue weighted by Crippen LogP contribution is 2.16. The maximum atomic E-state index is 12.7. The highest BCUT2D eigenvalue weighted by molar-refractivity contribution is 5.87. The smallest absolute Gasteiger partial charge is 0.328 e. The summed E-state index contributed by atoms with van der Waals surface area (Å²) in [7, 11) is 0.